The fourth-order valence-corrected chi connectivity index (χ4v) is 6.11. The molecular weight excluding hydrogens is 388 g/mol. The van der Waals surface area contributed by atoms with Crippen molar-refractivity contribution in [2.24, 2.45) is 0 Å². The van der Waals surface area contributed by atoms with Gasteiger partial charge >= 0.3 is 0 Å². The van der Waals surface area contributed by atoms with Crippen LogP contribution in [0.15, 0.2) is 29.2 Å². The summed E-state index contributed by atoms with van der Waals surface area (Å²) in [5.41, 5.74) is 3.64. The largest absolute Gasteiger partial charge is 0.337 e. The van der Waals surface area contributed by atoms with E-state index in [1.807, 2.05) is 17.0 Å². The molecule has 29 heavy (non-hydrogen) atoms. The number of hydrogen-bond acceptors (Lipinski definition) is 4. The SMILES string of the molecule is O=C(c1cc2n(n1)CCN(S(=O)(=O)c1ccc3c(c1)CCCC3)C2)N1CCCC1. The van der Waals surface area contributed by atoms with Crippen LogP contribution in [-0.2, 0) is 36.0 Å². The molecule has 7 nitrogen and oxygen atoms in total. The highest BCUT2D eigenvalue weighted by atomic mass is 32.2. The van der Waals surface area contributed by atoms with Gasteiger partial charge in [0.25, 0.3) is 5.91 Å². The molecule has 1 aromatic heterocycles. The van der Waals surface area contributed by atoms with Crippen LogP contribution in [0.4, 0.5) is 0 Å². The Morgan fingerprint density at radius 3 is 2.45 bits per heavy atom. The standard InChI is InChI=1S/C21H26N4O3S/c26-21(23-9-3-4-10-23)20-14-18-15-24(11-12-25(18)22-20)29(27,28)19-8-7-16-5-1-2-6-17(16)13-19/h7-8,13-14H,1-6,9-12,15H2. The van der Waals surface area contributed by atoms with Gasteiger partial charge in [0.05, 0.1) is 23.7 Å². The van der Waals surface area contributed by atoms with Gasteiger partial charge in [-0.3, -0.25) is 9.48 Å². The van der Waals surface area contributed by atoms with E-state index < -0.39 is 10.0 Å². The van der Waals surface area contributed by atoms with E-state index in [0.29, 0.717) is 23.7 Å². The third-order valence-electron chi connectivity index (χ3n) is 6.33. The minimum atomic E-state index is -3.57. The zero-order chi connectivity index (χ0) is 20.0. The molecular formula is C21H26N4O3S. The lowest BCUT2D eigenvalue weighted by molar-refractivity contribution is 0.0786. The van der Waals surface area contributed by atoms with Crippen molar-refractivity contribution in [1.29, 1.82) is 0 Å². The Kier molecular flexibility index (Phi) is 4.70. The fourth-order valence-electron chi connectivity index (χ4n) is 4.65. The van der Waals surface area contributed by atoms with Crippen LogP contribution in [0.5, 0.6) is 0 Å². The van der Waals surface area contributed by atoms with Gasteiger partial charge in [-0.1, -0.05) is 6.07 Å². The van der Waals surface area contributed by atoms with E-state index in [-0.39, 0.29) is 12.5 Å². The van der Waals surface area contributed by atoms with E-state index in [9.17, 15) is 13.2 Å². The van der Waals surface area contributed by atoms with Gasteiger partial charge in [-0.05, 0) is 67.9 Å². The van der Waals surface area contributed by atoms with Gasteiger partial charge in [0.1, 0.15) is 0 Å². The Balaban J connectivity index is 1.38. The van der Waals surface area contributed by atoms with Gasteiger partial charge in [-0.25, -0.2) is 8.42 Å². The maximum atomic E-state index is 13.3. The average molecular weight is 415 g/mol. The number of carbonyl (C=O) groups excluding carboxylic acids is 1. The maximum Gasteiger partial charge on any atom is 0.274 e. The molecule has 0 radical (unpaired) electrons. The van der Waals surface area contributed by atoms with Crippen LogP contribution in [0.25, 0.3) is 0 Å². The van der Waals surface area contributed by atoms with Gasteiger partial charge in [0.2, 0.25) is 10.0 Å². The Morgan fingerprint density at radius 2 is 1.66 bits per heavy atom. The van der Waals surface area contributed by atoms with Crippen LogP contribution >= 0.6 is 0 Å². The molecule has 0 atom stereocenters. The Labute approximate surface area is 171 Å². The molecule has 2 aliphatic heterocycles. The molecule has 1 amide bonds. The lowest BCUT2D eigenvalue weighted by atomic mass is 9.92. The van der Waals surface area contributed by atoms with E-state index in [2.05, 4.69) is 5.10 Å². The number of fused-ring (bicyclic) bond motifs is 2. The summed E-state index contributed by atoms with van der Waals surface area (Å²) in [7, 11) is -3.57. The first kappa shape index (κ1) is 18.8. The van der Waals surface area contributed by atoms with Crippen molar-refractivity contribution in [2.75, 3.05) is 19.6 Å². The molecule has 1 fully saturated rings. The van der Waals surface area contributed by atoms with Crippen LogP contribution in [0.1, 0.15) is 53.0 Å². The number of sulfonamides is 1. The fraction of sp³-hybridized carbons (Fsp3) is 0.524. The molecule has 3 heterocycles. The zero-order valence-corrected chi connectivity index (χ0v) is 17.3. The van der Waals surface area contributed by atoms with E-state index >= 15 is 0 Å². The number of likely N-dealkylation sites (tertiary alicyclic amines) is 1. The first-order valence-electron chi connectivity index (χ1n) is 10.5. The smallest absolute Gasteiger partial charge is 0.274 e. The monoisotopic (exact) mass is 414 g/mol. The summed E-state index contributed by atoms with van der Waals surface area (Å²) in [5, 5.41) is 4.45. The predicted molar refractivity (Wildman–Crippen MR) is 108 cm³/mol. The van der Waals surface area contributed by atoms with Crippen LogP contribution in [0.2, 0.25) is 0 Å². The number of amides is 1. The molecule has 1 aromatic carbocycles. The molecule has 154 valence electrons. The lowest BCUT2D eigenvalue weighted by Crippen LogP contribution is -2.38. The Bertz CT molecular complexity index is 1050. The van der Waals surface area contributed by atoms with Crippen LogP contribution in [-0.4, -0.2) is 52.9 Å². The first-order chi connectivity index (χ1) is 14.0. The molecule has 1 aliphatic carbocycles. The van der Waals surface area contributed by atoms with Crippen molar-refractivity contribution in [3.05, 3.63) is 46.8 Å². The van der Waals surface area contributed by atoms with E-state index in [0.717, 1.165) is 56.5 Å². The lowest BCUT2D eigenvalue weighted by Gasteiger charge is -2.27. The molecule has 0 spiro atoms. The molecule has 3 aliphatic rings. The number of aromatic nitrogens is 2. The van der Waals surface area contributed by atoms with Crippen molar-refractivity contribution in [1.82, 2.24) is 19.0 Å². The molecule has 2 aromatic rings. The molecule has 0 unspecified atom stereocenters. The molecule has 8 heteroatoms. The van der Waals surface area contributed by atoms with Gasteiger partial charge in [0.15, 0.2) is 5.69 Å². The molecule has 0 N–H and O–H groups in total. The number of nitrogens with zero attached hydrogens (tertiary/aromatic N) is 4. The normalized spacial score (nSPS) is 19.8. The second-order valence-corrected chi connectivity index (χ2v) is 10.2. The van der Waals surface area contributed by atoms with Crippen molar-refractivity contribution in [3.8, 4) is 0 Å². The number of carbonyl (C=O) groups is 1. The zero-order valence-electron chi connectivity index (χ0n) is 16.5. The highest BCUT2D eigenvalue weighted by Crippen LogP contribution is 2.27. The summed E-state index contributed by atoms with van der Waals surface area (Å²) in [6.07, 6.45) is 6.35. The van der Waals surface area contributed by atoms with Gasteiger partial charge in [0, 0.05) is 19.6 Å². The van der Waals surface area contributed by atoms with Crippen LogP contribution < -0.4 is 0 Å². The first-order valence-corrected chi connectivity index (χ1v) is 11.9. The van der Waals surface area contributed by atoms with Gasteiger partial charge in [-0.2, -0.15) is 9.40 Å². The van der Waals surface area contributed by atoms with Crippen molar-refractivity contribution in [2.45, 2.75) is 56.5 Å². The third kappa shape index (κ3) is 3.38. The van der Waals surface area contributed by atoms with Gasteiger partial charge in [-0.15, -0.1) is 0 Å². The highest BCUT2D eigenvalue weighted by Gasteiger charge is 2.31. The molecule has 1 saturated heterocycles. The third-order valence-corrected chi connectivity index (χ3v) is 8.17. The Morgan fingerprint density at radius 1 is 0.897 bits per heavy atom. The van der Waals surface area contributed by atoms with Gasteiger partial charge < -0.3 is 4.90 Å². The Hall–Kier alpha value is -2.19. The highest BCUT2D eigenvalue weighted by molar-refractivity contribution is 7.89. The number of benzene rings is 1. The maximum absolute atomic E-state index is 13.3. The molecule has 0 bridgehead atoms. The van der Waals surface area contributed by atoms with Crippen molar-refractivity contribution >= 4 is 15.9 Å². The minimum Gasteiger partial charge on any atom is -0.337 e. The number of aryl methyl sites for hydroxylation is 2. The van der Waals surface area contributed by atoms with E-state index in [1.54, 1.807) is 16.8 Å². The summed E-state index contributed by atoms with van der Waals surface area (Å²) < 4.78 is 29.8. The molecule has 5 rings (SSSR count). The summed E-state index contributed by atoms with van der Waals surface area (Å²) in [4.78, 5) is 14.8. The number of rotatable bonds is 3. The summed E-state index contributed by atoms with van der Waals surface area (Å²) in [6.45, 7) is 2.64. The molecule has 0 saturated carbocycles. The predicted octanol–water partition coefficient (Wildman–Crippen LogP) is 2.20. The summed E-state index contributed by atoms with van der Waals surface area (Å²) >= 11 is 0. The van der Waals surface area contributed by atoms with E-state index in [1.165, 1.54) is 16.3 Å². The second kappa shape index (κ2) is 7.25. The second-order valence-electron chi connectivity index (χ2n) is 8.22. The minimum absolute atomic E-state index is 0.0477. The van der Waals surface area contributed by atoms with Crippen molar-refractivity contribution in [3.63, 3.8) is 0 Å². The summed E-state index contributed by atoms with van der Waals surface area (Å²) in [6, 6.07) is 7.34. The van der Waals surface area contributed by atoms with Crippen LogP contribution in [0, 0.1) is 0 Å². The average Bonchev–Trinajstić information content (AvgIpc) is 3.42. The quantitative estimate of drug-likeness (QED) is 0.772. The number of hydrogen-bond donors (Lipinski definition) is 0. The van der Waals surface area contributed by atoms with Crippen molar-refractivity contribution < 1.29 is 13.2 Å². The van der Waals surface area contributed by atoms with Crippen LogP contribution in [0.3, 0.4) is 0 Å². The topological polar surface area (TPSA) is 75.5 Å². The summed E-state index contributed by atoms with van der Waals surface area (Å²) in [5.74, 6) is -0.0477. The van der Waals surface area contributed by atoms with E-state index in [4.69, 9.17) is 0 Å².